The van der Waals surface area contributed by atoms with Gasteiger partial charge in [0, 0.05) is 26.5 Å². The Hall–Kier alpha value is -1.61. The van der Waals surface area contributed by atoms with E-state index in [9.17, 15) is 37.0 Å². The van der Waals surface area contributed by atoms with Crippen molar-refractivity contribution >= 4 is 33.8 Å². The molecular weight excluding hydrogens is 499 g/mol. The molecule has 3 rings (SSSR count). The minimum absolute atomic E-state index is 0.0752. The normalized spacial score (nSPS) is 17.1. The van der Waals surface area contributed by atoms with Crippen LogP contribution in [0.1, 0.15) is 56.9 Å². The predicted octanol–water partition coefficient (Wildman–Crippen LogP) is 4.17. The zero-order chi connectivity index (χ0) is 25.8. The third-order valence-electron chi connectivity index (χ3n) is 4.20. The van der Waals surface area contributed by atoms with Gasteiger partial charge in [0.25, 0.3) is 5.91 Å². The lowest BCUT2D eigenvalue weighted by atomic mass is 10.1. The molecule has 190 valence electrons. The summed E-state index contributed by atoms with van der Waals surface area (Å²) in [5.74, 6) is -5.63. The Morgan fingerprint density at radius 2 is 1.76 bits per heavy atom. The Labute approximate surface area is 195 Å². The number of imidazole rings is 1. The topological polar surface area (TPSA) is 100 Å². The molecule has 1 aliphatic rings. The summed E-state index contributed by atoms with van der Waals surface area (Å²) in [5, 5.41) is 21.5. The highest BCUT2D eigenvalue weighted by molar-refractivity contribution is 7.16. The van der Waals surface area contributed by atoms with Gasteiger partial charge in [-0.2, -0.15) is 31.6 Å². The molecule has 0 saturated carbocycles. The molecule has 1 saturated heterocycles. The van der Waals surface area contributed by atoms with E-state index in [1.54, 1.807) is 0 Å². The minimum atomic E-state index is -5.10. The third-order valence-corrected chi connectivity index (χ3v) is 5.24. The molecule has 0 radical (unpaired) electrons. The number of aliphatic hydroxyl groups is 2. The van der Waals surface area contributed by atoms with Gasteiger partial charge in [0.15, 0.2) is 11.4 Å². The van der Waals surface area contributed by atoms with E-state index in [4.69, 9.17) is 16.3 Å². The van der Waals surface area contributed by atoms with Gasteiger partial charge in [0.05, 0.1) is 6.61 Å². The van der Waals surface area contributed by atoms with Crippen molar-refractivity contribution in [1.82, 2.24) is 19.5 Å². The molecule has 1 aliphatic heterocycles. The molecule has 8 nitrogen and oxygen atoms in total. The van der Waals surface area contributed by atoms with Crippen molar-refractivity contribution in [2.24, 2.45) is 5.92 Å². The van der Waals surface area contributed by atoms with Gasteiger partial charge in [0.1, 0.15) is 5.01 Å². The summed E-state index contributed by atoms with van der Waals surface area (Å²) >= 11 is 5.56. The molecule has 3 heterocycles. The molecule has 0 bridgehead atoms. The fourth-order valence-electron chi connectivity index (χ4n) is 3.14. The van der Waals surface area contributed by atoms with Crippen LogP contribution in [-0.2, 0) is 28.2 Å². The van der Waals surface area contributed by atoms with Crippen molar-refractivity contribution in [2.45, 2.75) is 64.6 Å². The first-order valence-electron chi connectivity index (χ1n) is 10.0. The smallest absolute Gasteiger partial charge is 0.377 e. The lowest BCUT2D eigenvalue weighted by molar-refractivity contribution is -0.270. The van der Waals surface area contributed by atoms with Crippen LogP contribution in [0.4, 0.5) is 22.0 Å². The molecule has 2 aromatic heterocycles. The van der Waals surface area contributed by atoms with Crippen LogP contribution < -0.4 is 0 Å². The summed E-state index contributed by atoms with van der Waals surface area (Å²) in [6.45, 7) is 7.28. The van der Waals surface area contributed by atoms with Gasteiger partial charge in [-0.25, -0.2) is 4.98 Å². The van der Waals surface area contributed by atoms with Crippen LogP contribution in [0.2, 0.25) is 0 Å². The van der Waals surface area contributed by atoms with Crippen LogP contribution in [-0.4, -0.2) is 54.7 Å². The fourth-order valence-corrected chi connectivity index (χ4v) is 4.23. The van der Waals surface area contributed by atoms with Gasteiger partial charge in [-0.3, -0.25) is 9.69 Å². The van der Waals surface area contributed by atoms with E-state index in [0.29, 0.717) is 15.9 Å². The molecule has 33 heavy (non-hydrogen) atoms. The summed E-state index contributed by atoms with van der Waals surface area (Å²) in [4.78, 5) is 15.5. The Bertz CT molecular complexity index is 929. The number of likely N-dealkylation sites (tertiary alicyclic amines) is 1. The molecule has 0 aromatic carbocycles. The third kappa shape index (κ3) is 6.72. The quantitative estimate of drug-likeness (QED) is 0.334. The molecular formula is C18H26ClF5N4O4S. The summed E-state index contributed by atoms with van der Waals surface area (Å²) in [7, 11) is 1.32. The van der Waals surface area contributed by atoms with E-state index in [1.807, 2.05) is 27.7 Å². The molecule has 1 amide bonds. The number of rotatable bonds is 6. The number of aromatic nitrogens is 3. The summed E-state index contributed by atoms with van der Waals surface area (Å²) in [5.41, 5.74) is -2.88. The second-order valence-electron chi connectivity index (χ2n) is 6.46. The highest BCUT2D eigenvalue weighted by Gasteiger charge is 2.53. The highest BCUT2D eigenvalue weighted by atomic mass is 35.5. The lowest BCUT2D eigenvalue weighted by Gasteiger charge is -2.32. The lowest BCUT2D eigenvalue weighted by Crippen LogP contribution is -2.49. The Morgan fingerprint density at radius 1 is 1.18 bits per heavy atom. The molecule has 1 unspecified atom stereocenters. The number of hydrogen-bond acceptors (Lipinski definition) is 7. The summed E-state index contributed by atoms with van der Waals surface area (Å²) in [6, 6.07) is 0. The first-order valence-corrected chi connectivity index (χ1v) is 11.2. The molecule has 0 aliphatic carbocycles. The average Bonchev–Trinajstić information content (AvgIpc) is 3.35. The van der Waals surface area contributed by atoms with Gasteiger partial charge >= 0.3 is 11.6 Å². The summed E-state index contributed by atoms with van der Waals surface area (Å²) < 4.78 is 71.8. The molecule has 1 atom stereocenters. The number of fused-ring (bicyclic) bond motifs is 1. The van der Waals surface area contributed by atoms with Gasteiger partial charge < -0.3 is 14.9 Å². The first-order chi connectivity index (χ1) is 15.2. The van der Waals surface area contributed by atoms with Gasteiger partial charge in [-0.15, -0.1) is 0 Å². The van der Waals surface area contributed by atoms with Crippen LogP contribution in [0.25, 0.3) is 4.96 Å². The van der Waals surface area contributed by atoms with Crippen molar-refractivity contribution in [1.29, 1.82) is 0 Å². The van der Waals surface area contributed by atoms with Crippen LogP contribution in [0.3, 0.4) is 0 Å². The monoisotopic (exact) mass is 524 g/mol. The van der Waals surface area contributed by atoms with Crippen molar-refractivity contribution in [3.05, 3.63) is 16.4 Å². The number of carbonyl (C=O) groups is 1. The zero-order valence-electron chi connectivity index (χ0n) is 18.6. The molecule has 15 heteroatoms. The number of halogens is 6. The number of alkyl halides is 6. The zero-order valence-corrected chi connectivity index (χ0v) is 20.2. The Morgan fingerprint density at radius 3 is 2.24 bits per heavy atom. The highest BCUT2D eigenvalue weighted by Crippen LogP contribution is 2.41. The second-order valence-corrected chi connectivity index (χ2v) is 8.05. The average molecular weight is 525 g/mol. The molecule has 2 aromatic rings. The number of hydrogen-bond donors (Lipinski definition) is 2. The van der Waals surface area contributed by atoms with E-state index in [2.05, 4.69) is 10.1 Å². The maximum absolute atomic E-state index is 13.5. The largest absolute Gasteiger partial charge is 0.435 e. The number of methoxy groups -OCH3 is 1. The number of nitrogens with zero attached hydrogens (tertiary/aromatic N) is 4. The fraction of sp³-hybridized carbons (Fsp3) is 0.722. The predicted molar refractivity (Wildman–Crippen MR) is 111 cm³/mol. The number of ether oxygens (including phenoxy) is 1. The number of carbonyl (C=O) groups excluding carboxylic acids is 1. The van der Waals surface area contributed by atoms with Crippen molar-refractivity contribution in [2.75, 3.05) is 13.7 Å². The van der Waals surface area contributed by atoms with Crippen molar-refractivity contribution in [3.63, 3.8) is 0 Å². The summed E-state index contributed by atoms with van der Waals surface area (Å²) in [6.07, 6.45) is -6.61. The molecule has 1 fully saturated rings. The van der Waals surface area contributed by atoms with E-state index in [0.717, 1.165) is 0 Å². The van der Waals surface area contributed by atoms with E-state index >= 15 is 0 Å². The number of amides is 1. The van der Waals surface area contributed by atoms with Crippen molar-refractivity contribution < 1.29 is 41.7 Å². The minimum Gasteiger partial charge on any atom is -0.377 e. The van der Waals surface area contributed by atoms with Gasteiger partial charge in [0.2, 0.25) is 10.9 Å². The van der Waals surface area contributed by atoms with Crippen LogP contribution in [0.5, 0.6) is 0 Å². The maximum Gasteiger partial charge on any atom is 0.435 e. The molecule has 0 spiro atoms. The van der Waals surface area contributed by atoms with E-state index < -0.39 is 60.1 Å². The van der Waals surface area contributed by atoms with Crippen LogP contribution in [0.15, 0.2) is 0 Å². The Balaban J connectivity index is 0.00000129. The van der Waals surface area contributed by atoms with Gasteiger partial charge in [-0.1, -0.05) is 39.0 Å². The second kappa shape index (κ2) is 11.2. The first kappa shape index (κ1) is 29.4. The standard InChI is InChI=1S/C14H14ClF5N4O4S.2C2H6/c1-28-5-7-22-24-10(9(13(18,19)20)21-11(24)29-7)14(26,27)23-4-6(2-8(23)25)3-12(15,16)17;2*1-2/h6,26-27H,2-5H2,1H3;2*1-2H3. The van der Waals surface area contributed by atoms with Gasteiger partial charge in [-0.05, 0) is 17.5 Å². The Kier molecular flexibility index (Phi) is 9.99. The van der Waals surface area contributed by atoms with E-state index in [1.165, 1.54) is 7.11 Å². The molecule has 2 N–H and O–H groups in total. The van der Waals surface area contributed by atoms with Crippen molar-refractivity contribution in [3.8, 4) is 0 Å². The maximum atomic E-state index is 13.5. The van der Waals surface area contributed by atoms with Crippen LogP contribution >= 0.6 is 22.9 Å². The van der Waals surface area contributed by atoms with Crippen LogP contribution in [0, 0.1) is 5.92 Å². The van der Waals surface area contributed by atoms with E-state index in [-0.39, 0.29) is 21.5 Å². The SMILES string of the molecule is CC.CC.COCc1nn2c(C(O)(O)N3CC(CC(F)(F)Cl)CC3=O)c(C(F)(F)F)nc2s1.